The van der Waals surface area contributed by atoms with Crippen LogP contribution in [0.4, 0.5) is 0 Å². The molecule has 5 nitrogen and oxygen atoms in total. The molecule has 3 N–H and O–H groups in total. The molecule has 1 heterocycles. The number of unbranched alkanes of at least 4 members (excludes halogenated alkanes) is 15. The number of nitrogens with one attached hydrogen (secondary N) is 3. The highest BCUT2D eigenvalue weighted by Gasteiger charge is 2.30. The van der Waals surface area contributed by atoms with Gasteiger partial charge in [0.25, 0.3) is 5.91 Å². The van der Waals surface area contributed by atoms with Crippen LogP contribution >= 0.6 is 0 Å². The fourth-order valence-corrected chi connectivity index (χ4v) is 3.58. The van der Waals surface area contributed by atoms with E-state index >= 15 is 0 Å². The first-order valence-electron chi connectivity index (χ1n) is 10.9. The predicted octanol–water partition coefficient (Wildman–Crippen LogP) is 3.94. The first-order chi connectivity index (χ1) is 12.3. The second kappa shape index (κ2) is 15.6. The number of hydroxylamine groups is 1. The normalized spacial score (nSPS) is 20.2. The average molecular weight is 356 g/mol. The van der Waals surface area contributed by atoms with E-state index in [0.29, 0.717) is 6.42 Å². The van der Waals surface area contributed by atoms with Crippen molar-refractivity contribution in [3.63, 3.8) is 0 Å². The van der Waals surface area contributed by atoms with Crippen LogP contribution in [0.3, 0.4) is 0 Å². The average Bonchev–Trinajstić information content (AvgIpc) is 2.93. The quantitative estimate of drug-likeness (QED) is 0.273. The third kappa shape index (κ3) is 11.6. The minimum Gasteiger partial charge on any atom is -0.611 e. The van der Waals surface area contributed by atoms with Crippen molar-refractivity contribution in [2.75, 3.05) is 0 Å². The lowest BCUT2D eigenvalue weighted by Crippen LogP contribution is -3.15. The highest BCUT2D eigenvalue weighted by atomic mass is 16.6. The third-order valence-electron chi connectivity index (χ3n) is 5.29. The van der Waals surface area contributed by atoms with Gasteiger partial charge < -0.3 is 5.21 Å². The van der Waals surface area contributed by atoms with Crippen LogP contribution in [-0.4, -0.2) is 11.9 Å². The molecule has 1 amide bonds. The van der Waals surface area contributed by atoms with Gasteiger partial charge in [0, 0.05) is 6.42 Å². The number of carbonyl (C=O) groups excluding carboxylic acids is 1. The molecule has 5 heteroatoms. The van der Waals surface area contributed by atoms with Gasteiger partial charge in [-0.3, -0.25) is 9.97 Å². The molecule has 148 valence electrons. The number of hydrogen-bond donors (Lipinski definition) is 3. The Balaban J connectivity index is 1.73. The third-order valence-corrected chi connectivity index (χ3v) is 5.29. The molecule has 25 heavy (non-hydrogen) atoms. The van der Waals surface area contributed by atoms with Gasteiger partial charge in [-0.15, -0.1) is 0 Å². The highest BCUT2D eigenvalue weighted by molar-refractivity contribution is 5.80. The molecule has 1 fully saturated rings. The van der Waals surface area contributed by atoms with Crippen LogP contribution in [0.1, 0.15) is 116 Å². The number of hydrazine groups is 1. The van der Waals surface area contributed by atoms with Gasteiger partial charge >= 0.3 is 0 Å². The van der Waals surface area contributed by atoms with Gasteiger partial charge in [-0.1, -0.05) is 109 Å². The Morgan fingerprint density at radius 1 is 0.760 bits per heavy atom. The number of carbonyl (C=O) groups is 1. The van der Waals surface area contributed by atoms with E-state index in [1.165, 1.54) is 89.9 Å². The molecular formula is C20H41N3O2. The Morgan fingerprint density at radius 2 is 1.16 bits per heavy atom. The minimum atomic E-state index is -0.452. The summed E-state index contributed by atoms with van der Waals surface area (Å²) < 4.78 is 0. The molecule has 0 radical (unpaired) electrons. The van der Waals surface area contributed by atoms with Gasteiger partial charge in [0.2, 0.25) is 0 Å². The molecule has 0 saturated carbocycles. The van der Waals surface area contributed by atoms with E-state index in [0.717, 1.165) is 12.8 Å². The molecule has 1 rings (SSSR count). The summed E-state index contributed by atoms with van der Waals surface area (Å²) in [5, 5.41) is 11.2. The van der Waals surface area contributed by atoms with Crippen molar-refractivity contribution in [2.24, 2.45) is 0 Å². The molecule has 2 atom stereocenters. The van der Waals surface area contributed by atoms with Crippen LogP contribution in [-0.2, 0) is 4.79 Å². The van der Waals surface area contributed by atoms with Crippen molar-refractivity contribution in [3.05, 3.63) is 5.21 Å². The summed E-state index contributed by atoms with van der Waals surface area (Å²) in [7, 11) is 0. The monoisotopic (exact) mass is 355 g/mol. The van der Waals surface area contributed by atoms with Crippen molar-refractivity contribution in [1.82, 2.24) is 11.0 Å². The Kier molecular flexibility index (Phi) is 14.0. The van der Waals surface area contributed by atoms with E-state index < -0.39 is 6.04 Å². The lowest BCUT2D eigenvalue weighted by molar-refractivity contribution is -0.906. The first kappa shape index (κ1) is 22.4. The summed E-state index contributed by atoms with van der Waals surface area (Å²) in [5.74, 6) is -0.161. The fraction of sp³-hybridized carbons (Fsp3) is 0.950. The largest absolute Gasteiger partial charge is 0.611 e. The van der Waals surface area contributed by atoms with Crippen LogP contribution in [0.5, 0.6) is 0 Å². The maximum atomic E-state index is 11.4. The van der Waals surface area contributed by atoms with Gasteiger partial charge in [0.05, 0.1) is 0 Å². The van der Waals surface area contributed by atoms with Gasteiger partial charge in [-0.2, -0.15) is 0 Å². The first-order valence-corrected chi connectivity index (χ1v) is 10.9. The van der Waals surface area contributed by atoms with Crippen LogP contribution in [0.25, 0.3) is 0 Å². The maximum Gasteiger partial charge on any atom is 0.298 e. The zero-order valence-electron chi connectivity index (χ0n) is 16.4. The summed E-state index contributed by atoms with van der Waals surface area (Å²) >= 11 is 0. The number of quaternary nitrogens is 1. The van der Waals surface area contributed by atoms with Gasteiger partial charge in [0.15, 0.2) is 6.04 Å². The van der Waals surface area contributed by atoms with Gasteiger partial charge in [-0.25, -0.2) is 5.43 Å². The molecule has 0 aliphatic carbocycles. The molecule has 0 aromatic rings. The lowest BCUT2D eigenvalue weighted by Gasteiger charge is -2.18. The van der Waals surface area contributed by atoms with Crippen molar-refractivity contribution in [3.8, 4) is 0 Å². The molecular weight excluding hydrogens is 314 g/mol. The molecule has 0 aromatic heterocycles. The maximum absolute atomic E-state index is 11.4. The number of rotatable bonds is 17. The van der Waals surface area contributed by atoms with E-state index in [9.17, 15) is 10.0 Å². The Morgan fingerprint density at radius 3 is 1.52 bits per heavy atom. The zero-order chi connectivity index (χ0) is 18.2. The topological polar surface area (TPSA) is 68.6 Å². The van der Waals surface area contributed by atoms with Crippen LogP contribution in [0.2, 0.25) is 0 Å². The molecule has 0 aromatic carbocycles. The van der Waals surface area contributed by atoms with Gasteiger partial charge in [0.1, 0.15) is 0 Å². The summed E-state index contributed by atoms with van der Waals surface area (Å²) in [5.41, 5.74) is 4.77. The van der Waals surface area contributed by atoms with E-state index in [4.69, 9.17) is 0 Å². The van der Waals surface area contributed by atoms with E-state index in [2.05, 4.69) is 17.9 Å². The highest BCUT2D eigenvalue weighted by Crippen LogP contribution is 2.14. The molecule has 0 bridgehead atoms. The Bertz CT molecular complexity index is 326. The molecule has 1 aliphatic heterocycles. The fourth-order valence-electron chi connectivity index (χ4n) is 3.58. The Hall–Kier alpha value is -0.650. The van der Waals surface area contributed by atoms with E-state index in [1.54, 1.807) is 0 Å². The molecule has 2 unspecified atom stereocenters. The van der Waals surface area contributed by atoms with Crippen molar-refractivity contribution in [2.45, 2.75) is 122 Å². The number of hydrogen-bond acceptors (Lipinski definition) is 3. The predicted molar refractivity (Wildman–Crippen MR) is 104 cm³/mol. The summed E-state index contributed by atoms with van der Waals surface area (Å²) in [6, 6.07) is -0.452. The van der Waals surface area contributed by atoms with E-state index in [1.807, 2.05) is 0 Å². The Labute approximate surface area is 154 Å². The van der Waals surface area contributed by atoms with Crippen LogP contribution < -0.4 is 16.1 Å². The summed E-state index contributed by atoms with van der Waals surface area (Å²) in [4.78, 5) is 11.4. The molecule has 1 saturated heterocycles. The van der Waals surface area contributed by atoms with Crippen molar-refractivity contribution in [1.29, 1.82) is 0 Å². The van der Waals surface area contributed by atoms with Crippen LogP contribution in [0.15, 0.2) is 0 Å². The lowest BCUT2D eigenvalue weighted by atomic mass is 10.0. The van der Waals surface area contributed by atoms with Crippen molar-refractivity contribution < 1.29 is 9.97 Å². The second-order valence-corrected chi connectivity index (χ2v) is 7.62. The standard InChI is InChI=1S/C20H41N3O2/c1-2-3-4-5-6-7-8-9-10-11-12-13-14-15-16-17-18-19-20(24)21-22-23(19)25/h19,22-23H,2-18H2,1H3,(H,21,24). The smallest absolute Gasteiger partial charge is 0.298 e. The van der Waals surface area contributed by atoms with Crippen LogP contribution in [0, 0.1) is 5.21 Å². The minimum absolute atomic E-state index is 0.161. The van der Waals surface area contributed by atoms with Gasteiger partial charge in [-0.05, 0) is 6.42 Å². The summed E-state index contributed by atoms with van der Waals surface area (Å²) in [6.45, 7) is 2.27. The SMILES string of the molecule is CCCCCCCCCCCCCCCCCCC1C(=O)NN[NH+]1[O-]. The second-order valence-electron chi connectivity index (χ2n) is 7.62. The van der Waals surface area contributed by atoms with Crippen molar-refractivity contribution >= 4 is 5.91 Å². The summed E-state index contributed by atoms with van der Waals surface area (Å²) in [6.07, 6.45) is 22.1. The number of amides is 1. The molecule has 0 spiro atoms. The molecule has 1 aliphatic rings. The zero-order valence-corrected chi connectivity index (χ0v) is 16.4. The van der Waals surface area contributed by atoms with E-state index in [-0.39, 0.29) is 11.1 Å².